The molecule has 0 radical (unpaired) electrons. The zero-order chi connectivity index (χ0) is 15.7. The van der Waals surface area contributed by atoms with E-state index in [1.165, 1.54) is 19.1 Å². The van der Waals surface area contributed by atoms with Crippen LogP contribution in [0.1, 0.15) is 33.9 Å². The van der Waals surface area contributed by atoms with E-state index in [9.17, 15) is 13.2 Å². The van der Waals surface area contributed by atoms with Gasteiger partial charge >= 0.3 is 0 Å². The van der Waals surface area contributed by atoms with Crippen LogP contribution in [0.3, 0.4) is 0 Å². The number of hydrogen-bond acceptors (Lipinski definition) is 2. The van der Waals surface area contributed by atoms with Crippen molar-refractivity contribution in [1.82, 2.24) is 5.43 Å². The highest BCUT2D eigenvalue weighted by Crippen LogP contribution is 2.32. The molecule has 2 nitrogen and oxygen atoms in total. The minimum Gasteiger partial charge on any atom is -0.271 e. The van der Waals surface area contributed by atoms with Gasteiger partial charge in [-0.1, -0.05) is 12.1 Å². The van der Waals surface area contributed by atoms with Crippen LogP contribution in [0.25, 0.3) is 0 Å². The van der Waals surface area contributed by atoms with Crippen LogP contribution in [-0.4, -0.2) is 0 Å². The lowest BCUT2D eigenvalue weighted by atomic mass is 9.92. The van der Waals surface area contributed by atoms with E-state index in [4.69, 9.17) is 5.84 Å². The van der Waals surface area contributed by atoms with Crippen LogP contribution in [0.15, 0.2) is 24.3 Å². The van der Waals surface area contributed by atoms with Crippen LogP contribution in [0.4, 0.5) is 13.2 Å². The van der Waals surface area contributed by atoms with Gasteiger partial charge in [-0.25, -0.2) is 18.6 Å². The first kappa shape index (κ1) is 15.5. The lowest BCUT2D eigenvalue weighted by Gasteiger charge is -2.22. The van der Waals surface area contributed by atoms with Crippen molar-refractivity contribution in [2.75, 3.05) is 0 Å². The van der Waals surface area contributed by atoms with Gasteiger partial charge in [0, 0.05) is 11.1 Å². The van der Waals surface area contributed by atoms with E-state index in [0.717, 1.165) is 11.6 Å². The quantitative estimate of drug-likeness (QED) is 0.671. The highest BCUT2D eigenvalue weighted by Gasteiger charge is 2.26. The lowest BCUT2D eigenvalue weighted by molar-refractivity contribution is 0.491. The summed E-state index contributed by atoms with van der Waals surface area (Å²) in [5, 5.41) is 0. The van der Waals surface area contributed by atoms with Gasteiger partial charge in [-0.15, -0.1) is 0 Å². The Morgan fingerprint density at radius 2 is 1.57 bits per heavy atom. The van der Waals surface area contributed by atoms with Crippen LogP contribution in [0.2, 0.25) is 0 Å². The monoisotopic (exact) mass is 294 g/mol. The molecule has 2 aromatic carbocycles. The molecule has 0 aliphatic carbocycles. The molecule has 1 atom stereocenters. The molecule has 0 saturated heterocycles. The molecule has 0 aromatic heterocycles. The second-order valence-electron chi connectivity index (χ2n) is 5.17. The average molecular weight is 294 g/mol. The Bertz CT molecular complexity index is 660. The third-order valence-corrected chi connectivity index (χ3v) is 3.54. The smallest absolute Gasteiger partial charge is 0.134 e. The first-order valence-corrected chi connectivity index (χ1v) is 6.54. The molecule has 0 saturated carbocycles. The fourth-order valence-electron chi connectivity index (χ4n) is 2.55. The number of nitrogens with two attached hydrogens (primary N) is 1. The zero-order valence-corrected chi connectivity index (χ0v) is 12.1. The van der Waals surface area contributed by atoms with Gasteiger partial charge in [0.2, 0.25) is 0 Å². The van der Waals surface area contributed by atoms with Gasteiger partial charge in [0.25, 0.3) is 0 Å². The average Bonchev–Trinajstić information content (AvgIpc) is 2.40. The summed E-state index contributed by atoms with van der Waals surface area (Å²) in [4.78, 5) is 0. The van der Waals surface area contributed by atoms with Crippen LogP contribution >= 0.6 is 0 Å². The van der Waals surface area contributed by atoms with Crippen molar-refractivity contribution in [3.05, 3.63) is 69.5 Å². The van der Waals surface area contributed by atoms with E-state index in [1.807, 2.05) is 0 Å². The molecule has 0 spiro atoms. The van der Waals surface area contributed by atoms with Crippen LogP contribution in [-0.2, 0) is 0 Å². The molecule has 21 heavy (non-hydrogen) atoms. The van der Waals surface area contributed by atoms with E-state index in [1.54, 1.807) is 19.9 Å². The van der Waals surface area contributed by atoms with Crippen molar-refractivity contribution in [3.8, 4) is 0 Å². The molecule has 1 unspecified atom stereocenters. The number of hydrogen-bond donors (Lipinski definition) is 2. The second-order valence-corrected chi connectivity index (χ2v) is 5.17. The van der Waals surface area contributed by atoms with Crippen LogP contribution in [0, 0.1) is 38.2 Å². The number of benzene rings is 2. The summed E-state index contributed by atoms with van der Waals surface area (Å²) in [5.74, 6) is 3.42. The Morgan fingerprint density at radius 3 is 2.14 bits per heavy atom. The predicted molar refractivity (Wildman–Crippen MR) is 76.1 cm³/mol. The number of hydrazine groups is 1. The molecule has 2 rings (SSSR count). The van der Waals surface area contributed by atoms with Gasteiger partial charge in [0.1, 0.15) is 17.5 Å². The van der Waals surface area contributed by atoms with E-state index < -0.39 is 23.5 Å². The van der Waals surface area contributed by atoms with Crippen LogP contribution < -0.4 is 11.3 Å². The van der Waals surface area contributed by atoms with E-state index >= 15 is 0 Å². The maximum absolute atomic E-state index is 14.3. The second kappa shape index (κ2) is 5.87. The number of halogens is 3. The van der Waals surface area contributed by atoms with Gasteiger partial charge in [-0.2, -0.15) is 0 Å². The minimum absolute atomic E-state index is 0.145. The van der Waals surface area contributed by atoms with Crippen molar-refractivity contribution in [2.45, 2.75) is 26.8 Å². The van der Waals surface area contributed by atoms with Gasteiger partial charge in [-0.3, -0.25) is 5.84 Å². The topological polar surface area (TPSA) is 38.0 Å². The third kappa shape index (κ3) is 2.80. The highest BCUT2D eigenvalue weighted by molar-refractivity contribution is 5.42. The highest BCUT2D eigenvalue weighted by atomic mass is 19.1. The third-order valence-electron chi connectivity index (χ3n) is 3.54. The molecule has 0 amide bonds. The molecule has 0 bridgehead atoms. The summed E-state index contributed by atoms with van der Waals surface area (Å²) >= 11 is 0. The van der Waals surface area contributed by atoms with E-state index in [0.29, 0.717) is 5.56 Å². The van der Waals surface area contributed by atoms with Crippen LogP contribution in [0.5, 0.6) is 0 Å². The normalized spacial score (nSPS) is 12.5. The Labute approximate surface area is 121 Å². The number of nitrogens with one attached hydrogen (secondary N) is 1. The van der Waals surface area contributed by atoms with Crippen molar-refractivity contribution < 1.29 is 13.2 Å². The summed E-state index contributed by atoms with van der Waals surface area (Å²) in [6.45, 7) is 4.95. The molecular formula is C16H17F3N2. The number of rotatable bonds is 3. The largest absolute Gasteiger partial charge is 0.271 e. The standard InChI is InChI=1S/C16H17F3N2/c1-8-6-10(3)13(12(18)7-8)16(21-20)14-11(17)5-4-9(2)15(14)19/h4-7,16,21H,20H2,1-3H3. The lowest BCUT2D eigenvalue weighted by Crippen LogP contribution is -2.32. The fourth-order valence-corrected chi connectivity index (χ4v) is 2.55. The van der Waals surface area contributed by atoms with Gasteiger partial charge in [0.05, 0.1) is 6.04 Å². The Morgan fingerprint density at radius 1 is 0.905 bits per heavy atom. The Hall–Kier alpha value is -1.85. The maximum atomic E-state index is 14.3. The first-order chi connectivity index (χ1) is 9.86. The van der Waals surface area contributed by atoms with Gasteiger partial charge < -0.3 is 0 Å². The van der Waals surface area contributed by atoms with Gasteiger partial charge in [0.15, 0.2) is 0 Å². The molecule has 3 N–H and O–H groups in total. The van der Waals surface area contributed by atoms with Crippen molar-refractivity contribution in [2.24, 2.45) is 5.84 Å². The Balaban J connectivity index is 2.69. The number of aryl methyl sites for hydroxylation is 3. The molecule has 0 aliphatic heterocycles. The predicted octanol–water partition coefficient (Wildman–Crippen LogP) is 3.58. The minimum atomic E-state index is -1.09. The summed E-state index contributed by atoms with van der Waals surface area (Å²) in [6, 6.07) is 4.46. The summed E-state index contributed by atoms with van der Waals surface area (Å²) in [5.41, 5.74) is 3.78. The summed E-state index contributed by atoms with van der Waals surface area (Å²) in [6.07, 6.45) is 0. The van der Waals surface area contributed by atoms with Crippen molar-refractivity contribution >= 4 is 0 Å². The van der Waals surface area contributed by atoms with Crippen molar-refractivity contribution in [1.29, 1.82) is 0 Å². The van der Waals surface area contributed by atoms with E-state index in [-0.39, 0.29) is 16.7 Å². The summed E-state index contributed by atoms with van der Waals surface area (Å²) in [7, 11) is 0. The molecule has 0 aliphatic rings. The SMILES string of the molecule is Cc1cc(C)c(C(NN)c2c(F)ccc(C)c2F)c(F)c1. The van der Waals surface area contributed by atoms with Gasteiger partial charge in [-0.05, 0) is 49.6 Å². The summed E-state index contributed by atoms with van der Waals surface area (Å²) < 4.78 is 42.6. The van der Waals surface area contributed by atoms with E-state index in [2.05, 4.69) is 5.43 Å². The maximum Gasteiger partial charge on any atom is 0.134 e. The molecule has 112 valence electrons. The van der Waals surface area contributed by atoms with Crippen molar-refractivity contribution in [3.63, 3.8) is 0 Å². The molecule has 0 fully saturated rings. The first-order valence-electron chi connectivity index (χ1n) is 6.54. The molecular weight excluding hydrogens is 277 g/mol. The molecule has 2 aromatic rings. The Kier molecular flexibility index (Phi) is 4.34. The fraction of sp³-hybridized carbons (Fsp3) is 0.250. The molecule has 0 heterocycles. The zero-order valence-electron chi connectivity index (χ0n) is 12.1. The molecule has 5 heteroatoms.